The van der Waals surface area contributed by atoms with Crippen LogP contribution in [0.4, 0.5) is 5.69 Å². The lowest BCUT2D eigenvalue weighted by Gasteiger charge is -2.10. The summed E-state index contributed by atoms with van der Waals surface area (Å²) < 4.78 is 0. The van der Waals surface area contributed by atoms with Crippen LogP contribution in [0.2, 0.25) is 0 Å². The van der Waals surface area contributed by atoms with Crippen LogP contribution in [0, 0.1) is 17.0 Å². The van der Waals surface area contributed by atoms with Gasteiger partial charge in [0.25, 0.3) is 5.69 Å². The average molecular weight is 615 g/mol. The summed E-state index contributed by atoms with van der Waals surface area (Å²) in [4.78, 5) is 55.3. The highest BCUT2D eigenvalue weighted by atomic mass is 32.2. The Morgan fingerprint density at radius 1 is 0.689 bits per heavy atom. The minimum Gasteiger partial charge on any atom is -0.318 e. The van der Waals surface area contributed by atoms with Gasteiger partial charge in [-0.25, -0.2) is 4.79 Å². The Labute approximate surface area is 263 Å². The number of hydrogen-bond donors (Lipinski definition) is 0. The Kier molecular flexibility index (Phi) is 9.40. The normalized spacial score (nSPS) is 11.1. The Bertz CT molecular complexity index is 1920. The molecule has 5 aromatic rings. The number of ketones is 2. The number of nitro benzene ring substituents is 1. The average Bonchev–Trinajstić information content (AvgIpc) is 3.06. The van der Waals surface area contributed by atoms with Crippen molar-refractivity contribution in [2.45, 2.75) is 23.6 Å². The fourth-order valence-corrected chi connectivity index (χ4v) is 5.45. The van der Waals surface area contributed by atoms with E-state index in [2.05, 4.69) is 5.16 Å². The molecule has 0 radical (unpaired) electrons. The van der Waals surface area contributed by atoms with Crippen LogP contribution in [0.3, 0.4) is 0 Å². The first kappa shape index (κ1) is 30.8. The minimum absolute atomic E-state index is 0.0702. The topological polar surface area (TPSA) is 116 Å². The molecule has 0 N–H and O–H groups in total. The fraction of sp³-hybridized carbons (Fsp3) is 0.0556. The molecule has 0 heterocycles. The third-order valence-electron chi connectivity index (χ3n) is 6.96. The summed E-state index contributed by atoms with van der Waals surface area (Å²) in [5, 5.41) is 15.2. The van der Waals surface area contributed by atoms with Crippen LogP contribution in [0.5, 0.6) is 0 Å². The molecule has 0 aliphatic heterocycles. The zero-order valence-corrected chi connectivity index (χ0v) is 25.1. The maximum Gasteiger partial charge on any atom is 0.332 e. The van der Waals surface area contributed by atoms with E-state index in [9.17, 15) is 24.5 Å². The lowest BCUT2D eigenvalue weighted by atomic mass is 9.96. The molecule has 222 valence electrons. The van der Waals surface area contributed by atoms with Crippen LogP contribution < -0.4 is 0 Å². The molecule has 0 atom stereocenters. The number of carbonyl (C=O) groups excluding carboxylic acids is 3. The van der Waals surface area contributed by atoms with Crippen molar-refractivity contribution >= 4 is 40.7 Å². The van der Waals surface area contributed by atoms with Crippen LogP contribution >= 0.6 is 11.8 Å². The van der Waals surface area contributed by atoms with E-state index in [1.807, 2.05) is 66.7 Å². The van der Waals surface area contributed by atoms with E-state index in [4.69, 9.17) is 4.84 Å². The maximum absolute atomic E-state index is 13.4. The van der Waals surface area contributed by atoms with Crippen LogP contribution in [-0.4, -0.2) is 28.2 Å². The Morgan fingerprint density at radius 3 is 1.78 bits per heavy atom. The van der Waals surface area contributed by atoms with Gasteiger partial charge in [-0.1, -0.05) is 83.6 Å². The summed E-state index contributed by atoms with van der Waals surface area (Å²) in [6.45, 7) is 2.65. The molecule has 0 aromatic heterocycles. The molecule has 0 spiro atoms. The molecular weight excluding hydrogens is 588 g/mol. The van der Waals surface area contributed by atoms with Crippen molar-refractivity contribution in [2.75, 3.05) is 0 Å². The predicted molar refractivity (Wildman–Crippen MR) is 173 cm³/mol. The van der Waals surface area contributed by atoms with Gasteiger partial charge in [0.1, 0.15) is 0 Å². The number of nitro groups is 1. The number of benzene rings is 5. The van der Waals surface area contributed by atoms with Gasteiger partial charge in [-0.2, -0.15) is 0 Å². The summed E-state index contributed by atoms with van der Waals surface area (Å²) in [7, 11) is 0. The number of Topliss-reactive ketones (excluding diaryl/α,β-unsaturated/α-hetero) is 1. The van der Waals surface area contributed by atoms with Crippen molar-refractivity contribution in [3.05, 3.63) is 159 Å². The first-order valence-electron chi connectivity index (χ1n) is 13.8. The largest absolute Gasteiger partial charge is 0.332 e. The van der Waals surface area contributed by atoms with Crippen molar-refractivity contribution in [3.63, 3.8) is 0 Å². The Morgan fingerprint density at radius 2 is 1.22 bits per heavy atom. The van der Waals surface area contributed by atoms with E-state index in [0.29, 0.717) is 11.1 Å². The summed E-state index contributed by atoms with van der Waals surface area (Å²) >= 11 is 1.45. The first-order chi connectivity index (χ1) is 21.7. The third kappa shape index (κ3) is 7.29. The predicted octanol–water partition coefficient (Wildman–Crippen LogP) is 8.10. The molecule has 0 saturated heterocycles. The van der Waals surface area contributed by atoms with Crippen molar-refractivity contribution < 1.29 is 24.1 Å². The number of oxime groups is 1. The van der Waals surface area contributed by atoms with Crippen molar-refractivity contribution in [1.82, 2.24) is 0 Å². The van der Waals surface area contributed by atoms with Crippen LogP contribution in [0.1, 0.15) is 44.3 Å². The smallest absolute Gasteiger partial charge is 0.318 e. The molecule has 0 aliphatic carbocycles. The van der Waals surface area contributed by atoms with E-state index in [0.717, 1.165) is 27.8 Å². The van der Waals surface area contributed by atoms with Gasteiger partial charge in [-0.3, -0.25) is 19.7 Å². The molecule has 0 amide bonds. The highest BCUT2D eigenvalue weighted by Gasteiger charge is 2.24. The highest BCUT2D eigenvalue weighted by Crippen LogP contribution is 2.29. The summed E-state index contributed by atoms with van der Waals surface area (Å²) in [5.41, 5.74) is 3.57. The van der Waals surface area contributed by atoms with E-state index < -0.39 is 16.7 Å². The van der Waals surface area contributed by atoms with Gasteiger partial charge >= 0.3 is 5.97 Å². The van der Waals surface area contributed by atoms with Gasteiger partial charge in [0.2, 0.25) is 5.78 Å². The van der Waals surface area contributed by atoms with Crippen LogP contribution in [0.25, 0.3) is 11.1 Å². The molecule has 0 saturated carbocycles. The number of nitrogens with zero attached hydrogens (tertiary/aromatic N) is 2. The molecule has 0 aliphatic rings. The lowest BCUT2D eigenvalue weighted by Crippen LogP contribution is -2.18. The molecule has 8 nitrogen and oxygen atoms in total. The van der Waals surface area contributed by atoms with E-state index in [-0.39, 0.29) is 33.9 Å². The minimum atomic E-state index is -0.733. The Balaban J connectivity index is 1.29. The van der Waals surface area contributed by atoms with Gasteiger partial charge in [-0.15, -0.1) is 0 Å². The molecule has 0 bridgehead atoms. The summed E-state index contributed by atoms with van der Waals surface area (Å²) in [6, 6.07) is 35.8. The van der Waals surface area contributed by atoms with E-state index in [1.54, 1.807) is 36.4 Å². The van der Waals surface area contributed by atoms with Crippen molar-refractivity contribution in [3.8, 4) is 11.1 Å². The van der Waals surface area contributed by atoms with Crippen LogP contribution in [0.15, 0.2) is 136 Å². The van der Waals surface area contributed by atoms with Gasteiger partial charge in [0, 0.05) is 50.6 Å². The summed E-state index contributed by atoms with van der Waals surface area (Å²) in [6.07, 6.45) is 0. The van der Waals surface area contributed by atoms with Crippen molar-refractivity contribution in [1.29, 1.82) is 0 Å². The molecule has 9 heteroatoms. The quantitative estimate of drug-likeness (QED) is 0.0513. The van der Waals surface area contributed by atoms with E-state index >= 15 is 0 Å². The molecule has 45 heavy (non-hydrogen) atoms. The molecule has 0 unspecified atom stereocenters. The summed E-state index contributed by atoms with van der Waals surface area (Å²) in [5.74, 6) is -1.36. The van der Waals surface area contributed by atoms with E-state index in [1.165, 1.54) is 36.9 Å². The van der Waals surface area contributed by atoms with Crippen LogP contribution in [-0.2, 0) is 9.63 Å². The molecular formula is C36H26N2O6S. The first-order valence-corrected chi connectivity index (χ1v) is 14.7. The maximum atomic E-state index is 13.4. The highest BCUT2D eigenvalue weighted by molar-refractivity contribution is 7.99. The third-order valence-corrected chi connectivity index (χ3v) is 7.98. The zero-order chi connectivity index (χ0) is 31.9. The second-order valence-corrected chi connectivity index (χ2v) is 11.1. The molecule has 5 aromatic carbocycles. The SMILES string of the molecule is CC(=O)ON=C(C(=O)c1ccc(Sc2ccc(C(=O)c3ccc(-c4ccccc4)cc3)cc2)cc1)c1cccc([N+](=O)[O-])c1C. The monoisotopic (exact) mass is 614 g/mol. The number of rotatable bonds is 10. The number of hydrogen-bond acceptors (Lipinski definition) is 8. The second-order valence-electron chi connectivity index (χ2n) is 9.98. The van der Waals surface area contributed by atoms with Gasteiger partial charge < -0.3 is 4.84 Å². The fourth-order valence-electron chi connectivity index (χ4n) is 4.63. The molecule has 5 rings (SSSR count). The van der Waals surface area contributed by atoms with Gasteiger partial charge in [0.05, 0.1) is 4.92 Å². The second kappa shape index (κ2) is 13.7. The van der Waals surface area contributed by atoms with Gasteiger partial charge in [0.15, 0.2) is 11.5 Å². The van der Waals surface area contributed by atoms with Gasteiger partial charge in [-0.05, 0) is 66.6 Å². The zero-order valence-electron chi connectivity index (χ0n) is 24.3. The Hall–Kier alpha value is -5.67. The molecule has 0 fully saturated rings. The van der Waals surface area contributed by atoms with Crippen molar-refractivity contribution in [2.24, 2.45) is 5.16 Å². The lowest BCUT2D eigenvalue weighted by molar-refractivity contribution is -0.385. The number of carbonyl (C=O) groups is 3. The standard InChI is InChI=1S/C36H26N2O6S/c1-23-32(9-6-10-33(23)38(42)43)34(37-44-24(2)39)36(41)29-17-21-31(22-18-29)45-30-19-15-28(16-20-30)35(40)27-13-11-26(12-14-27)25-7-4-3-5-8-25/h3-22H,1-2H3.